The molecule has 1 amide bonds. The molecule has 2 aromatic heterocycles. The fourth-order valence-electron chi connectivity index (χ4n) is 5.25. The maximum atomic E-state index is 14.2. The smallest absolute Gasteiger partial charge is 0.435 e. The van der Waals surface area contributed by atoms with Crippen molar-refractivity contribution in [1.29, 1.82) is 0 Å². The minimum atomic E-state index is -4.85. The van der Waals surface area contributed by atoms with Gasteiger partial charge in [0.1, 0.15) is 36.8 Å². The molecule has 0 aliphatic carbocycles. The van der Waals surface area contributed by atoms with E-state index in [1.807, 2.05) is 30.3 Å². The Kier molecular flexibility index (Phi) is 10.7. The molecule has 0 spiro atoms. The summed E-state index contributed by atoms with van der Waals surface area (Å²) in [5.74, 6) is 0.186. The van der Waals surface area contributed by atoms with Gasteiger partial charge < -0.3 is 28.4 Å². The molecule has 2 N–H and O–H groups in total. The van der Waals surface area contributed by atoms with E-state index >= 15 is 0 Å². The number of nitrogens with one attached hydrogen (secondary N) is 2. The van der Waals surface area contributed by atoms with Crippen LogP contribution in [0.4, 0.5) is 18.0 Å². The van der Waals surface area contributed by atoms with Gasteiger partial charge in [0, 0.05) is 25.3 Å². The number of nitrogens with zero attached hydrogens (tertiary/aromatic N) is 4. The van der Waals surface area contributed by atoms with Crippen LogP contribution in [-0.4, -0.2) is 76.3 Å². The molecule has 5 rings (SSSR count). The summed E-state index contributed by atoms with van der Waals surface area (Å²) >= 11 is 6.13. The summed E-state index contributed by atoms with van der Waals surface area (Å²) in [4.78, 5) is 20.9. The largest absolute Gasteiger partial charge is 0.443 e. The molecule has 256 valence electrons. The molecule has 13 nitrogen and oxygen atoms in total. The van der Waals surface area contributed by atoms with E-state index in [4.69, 9.17) is 40.0 Å². The summed E-state index contributed by atoms with van der Waals surface area (Å²) < 4.78 is 79.2. The number of fused-ring (bicyclic) bond motifs is 1. The fourth-order valence-corrected chi connectivity index (χ4v) is 5.40. The molecular weight excluding hydrogens is 649 g/mol. The van der Waals surface area contributed by atoms with Crippen molar-refractivity contribution in [1.82, 2.24) is 30.6 Å². The summed E-state index contributed by atoms with van der Waals surface area (Å²) in [6.07, 6.45) is -9.16. The van der Waals surface area contributed by atoms with E-state index in [-0.39, 0.29) is 36.5 Å². The van der Waals surface area contributed by atoms with E-state index in [9.17, 15) is 18.0 Å². The average molecular weight is 685 g/mol. The van der Waals surface area contributed by atoms with E-state index in [1.54, 1.807) is 27.7 Å². The Labute approximate surface area is 273 Å². The molecule has 2 fully saturated rings. The standard InChI is InChI=1S/C30H36ClF3N6O7/c1-6-20-36-26(40(39-20)18-12-17(31)13-35-25(18)30(32,33)34)24-23(44-15-42-5)21(37-38-28(41)47-29(2,3)4)22-19(45-24)14-43-27(46-22)16-10-8-7-9-11-16/h7-13,19,21-24,27,37H,6,14-15H2,1-5H3,(H,38,41)/t19-,21+,22+,23-,24-,27?/m1/s1. The van der Waals surface area contributed by atoms with Gasteiger partial charge >= 0.3 is 12.3 Å². The summed E-state index contributed by atoms with van der Waals surface area (Å²) in [6, 6.07) is 9.39. The topological polar surface area (TPSA) is 140 Å². The Morgan fingerprint density at radius 2 is 1.91 bits per heavy atom. The first-order chi connectivity index (χ1) is 22.3. The van der Waals surface area contributed by atoms with Crippen LogP contribution >= 0.6 is 11.6 Å². The van der Waals surface area contributed by atoms with Crippen molar-refractivity contribution in [3.05, 3.63) is 70.5 Å². The summed E-state index contributed by atoms with van der Waals surface area (Å²) in [5, 5.41) is 4.32. The quantitative estimate of drug-likeness (QED) is 0.236. The predicted octanol–water partition coefficient (Wildman–Crippen LogP) is 4.84. The first kappa shape index (κ1) is 34.9. The number of pyridine rings is 1. The monoisotopic (exact) mass is 684 g/mol. The zero-order chi connectivity index (χ0) is 33.9. The third-order valence-electron chi connectivity index (χ3n) is 7.15. The zero-order valence-corrected chi connectivity index (χ0v) is 27.0. The maximum absolute atomic E-state index is 14.2. The number of alkyl halides is 3. The van der Waals surface area contributed by atoms with Crippen molar-refractivity contribution < 1.29 is 46.4 Å². The highest BCUT2D eigenvalue weighted by Crippen LogP contribution is 2.41. The van der Waals surface area contributed by atoms with Gasteiger partial charge in [-0.05, 0) is 26.8 Å². The van der Waals surface area contributed by atoms with E-state index < -0.39 is 66.0 Å². The Morgan fingerprint density at radius 1 is 1.17 bits per heavy atom. The van der Waals surface area contributed by atoms with Gasteiger partial charge in [0.15, 0.2) is 23.6 Å². The van der Waals surface area contributed by atoms with Crippen molar-refractivity contribution in [2.75, 3.05) is 20.5 Å². The lowest BCUT2D eigenvalue weighted by Crippen LogP contribution is -2.67. The summed E-state index contributed by atoms with van der Waals surface area (Å²) in [6.45, 7) is 6.64. The second kappa shape index (κ2) is 14.4. The molecule has 4 heterocycles. The van der Waals surface area contributed by atoms with Gasteiger partial charge in [-0.15, -0.1) is 0 Å². The molecule has 3 aromatic rings. The lowest BCUT2D eigenvalue weighted by Gasteiger charge is -2.49. The molecule has 6 atom stereocenters. The first-order valence-corrected chi connectivity index (χ1v) is 15.2. The van der Waals surface area contributed by atoms with E-state index in [2.05, 4.69) is 25.9 Å². The van der Waals surface area contributed by atoms with Gasteiger partial charge in [-0.1, -0.05) is 48.9 Å². The molecule has 47 heavy (non-hydrogen) atoms. The van der Waals surface area contributed by atoms with Crippen LogP contribution in [-0.2, 0) is 41.0 Å². The third kappa shape index (κ3) is 8.20. The fraction of sp³-hybridized carbons (Fsp3) is 0.533. The van der Waals surface area contributed by atoms with Gasteiger partial charge in [0.25, 0.3) is 0 Å². The number of amides is 1. The van der Waals surface area contributed by atoms with Crippen molar-refractivity contribution in [3.63, 3.8) is 0 Å². The molecule has 0 bridgehead atoms. The predicted molar refractivity (Wildman–Crippen MR) is 159 cm³/mol. The Bertz CT molecular complexity index is 1520. The van der Waals surface area contributed by atoms with Crippen molar-refractivity contribution in [2.24, 2.45) is 0 Å². The lowest BCUT2D eigenvalue weighted by molar-refractivity contribution is -0.320. The minimum absolute atomic E-state index is 0.0175. The Hall–Kier alpha value is -3.38. The molecule has 0 radical (unpaired) electrons. The number of hydrogen-bond acceptors (Lipinski definition) is 11. The molecule has 0 saturated carbocycles. The number of hydrazine groups is 1. The average Bonchev–Trinajstić information content (AvgIpc) is 3.45. The Balaban J connectivity index is 1.59. The van der Waals surface area contributed by atoms with Crippen LogP contribution < -0.4 is 10.9 Å². The molecule has 17 heteroatoms. The molecule has 2 aliphatic rings. The van der Waals surface area contributed by atoms with Gasteiger partial charge in [-0.3, -0.25) is 5.43 Å². The van der Waals surface area contributed by atoms with Crippen molar-refractivity contribution in [2.45, 2.75) is 82.6 Å². The van der Waals surface area contributed by atoms with Gasteiger partial charge in [-0.2, -0.15) is 18.3 Å². The normalized spacial score (nSPS) is 24.9. The second-order valence-corrected chi connectivity index (χ2v) is 12.2. The third-order valence-corrected chi connectivity index (χ3v) is 7.36. The molecule has 2 saturated heterocycles. The van der Waals surface area contributed by atoms with Gasteiger partial charge in [-0.25, -0.2) is 24.9 Å². The van der Waals surface area contributed by atoms with Gasteiger partial charge in [0.2, 0.25) is 0 Å². The van der Waals surface area contributed by atoms with E-state index in [0.717, 1.165) is 22.5 Å². The summed E-state index contributed by atoms with van der Waals surface area (Å²) in [5.41, 5.74) is 3.76. The number of aromatic nitrogens is 4. The Morgan fingerprint density at radius 3 is 2.57 bits per heavy atom. The second-order valence-electron chi connectivity index (χ2n) is 11.8. The summed E-state index contributed by atoms with van der Waals surface area (Å²) in [7, 11) is 1.41. The number of carbonyl (C=O) groups excluding carboxylic acids is 1. The van der Waals surface area contributed by atoms with Crippen LogP contribution in [0.15, 0.2) is 42.6 Å². The van der Waals surface area contributed by atoms with Crippen LogP contribution in [0.1, 0.15) is 63.0 Å². The molecular formula is C30H36ClF3N6O7. The van der Waals surface area contributed by atoms with Crippen LogP contribution in [0.3, 0.4) is 0 Å². The van der Waals surface area contributed by atoms with Crippen molar-refractivity contribution in [3.8, 4) is 5.69 Å². The lowest BCUT2D eigenvalue weighted by atomic mass is 9.91. The number of ether oxygens (including phenoxy) is 6. The number of aryl methyl sites for hydroxylation is 1. The van der Waals surface area contributed by atoms with Crippen LogP contribution in [0.25, 0.3) is 5.69 Å². The zero-order valence-electron chi connectivity index (χ0n) is 26.3. The number of halogens is 4. The highest BCUT2D eigenvalue weighted by Gasteiger charge is 2.53. The first-order valence-electron chi connectivity index (χ1n) is 14.8. The number of methoxy groups -OCH3 is 1. The van der Waals surface area contributed by atoms with E-state index in [1.165, 1.54) is 7.11 Å². The number of benzene rings is 1. The van der Waals surface area contributed by atoms with E-state index in [0.29, 0.717) is 0 Å². The van der Waals surface area contributed by atoms with Crippen molar-refractivity contribution >= 4 is 17.7 Å². The number of rotatable bonds is 9. The maximum Gasteiger partial charge on any atom is 0.435 e. The van der Waals surface area contributed by atoms with Crippen LogP contribution in [0, 0.1) is 0 Å². The molecule has 1 unspecified atom stereocenters. The highest BCUT2D eigenvalue weighted by molar-refractivity contribution is 6.30. The SMILES string of the molecule is CCc1nc([C@@H]2O[C@@H]3COC(c4ccccc4)O[C@@H]3[C@H](NNC(=O)OC(C)(C)C)[C@H]2OCOC)n(-c2cc(Cl)cnc2C(F)(F)F)n1. The minimum Gasteiger partial charge on any atom is -0.443 e. The molecule has 2 aliphatic heterocycles. The van der Waals surface area contributed by atoms with Crippen LogP contribution in [0.2, 0.25) is 5.02 Å². The van der Waals surface area contributed by atoms with Crippen LogP contribution in [0.5, 0.6) is 0 Å². The highest BCUT2D eigenvalue weighted by atomic mass is 35.5. The number of hydrogen-bond donors (Lipinski definition) is 2. The van der Waals surface area contributed by atoms with Gasteiger partial charge in [0.05, 0.1) is 23.4 Å². The number of carbonyl (C=O) groups is 1. The molecule has 1 aromatic carbocycles.